The Morgan fingerprint density at radius 1 is 1.00 bits per heavy atom. The van der Waals surface area contributed by atoms with Crippen molar-refractivity contribution in [3.05, 3.63) is 29.1 Å². The molecule has 0 bridgehead atoms. The van der Waals surface area contributed by atoms with Crippen molar-refractivity contribution < 1.29 is 54.5 Å². The van der Waals surface area contributed by atoms with Crippen LogP contribution in [0.2, 0.25) is 0 Å². The summed E-state index contributed by atoms with van der Waals surface area (Å²) in [5, 5.41) is 0. The molecule has 0 radical (unpaired) electrons. The van der Waals surface area contributed by atoms with Gasteiger partial charge in [0.05, 0.1) is 5.92 Å². The van der Waals surface area contributed by atoms with Gasteiger partial charge in [0.25, 0.3) is 6.10 Å². The van der Waals surface area contributed by atoms with Crippen molar-refractivity contribution in [1.82, 2.24) is 9.80 Å². The zero-order chi connectivity index (χ0) is 27.4. The van der Waals surface area contributed by atoms with Crippen molar-refractivity contribution in [2.75, 3.05) is 33.0 Å². The van der Waals surface area contributed by atoms with Gasteiger partial charge in [-0.2, -0.15) is 26.3 Å². The zero-order valence-electron chi connectivity index (χ0n) is 20.0. The van der Waals surface area contributed by atoms with Crippen LogP contribution in [-0.2, 0) is 20.8 Å². The van der Waals surface area contributed by atoms with Crippen LogP contribution in [0.3, 0.4) is 0 Å². The van der Waals surface area contributed by atoms with Gasteiger partial charge in [-0.3, -0.25) is 9.69 Å². The van der Waals surface area contributed by atoms with Gasteiger partial charge in [-0.05, 0) is 25.3 Å². The normalized spacial score (nSPS) is 17.8. The molecule has 1 saturated carbocycles. The third-order valence-electron chi connectivity index (χ3n) is 6.30. The van der Waals surface area contributed by atoms with E-state index >= 15 is 0 Å². The number of carbonyl (C=O) groups excluding carboxylic acids is 2. The maximum atomic E-state index is 14.8. The molecule has 37 heavy (non-hydrogen) atoms. The topological polar surface area (TPSA) is 68.3 Å². The number of rotatable bonds is 7. The summed E-state index contributed by atoms with van der Waals surface area (Å²) in [5.74, 6) is -1.38. The van der Waals surface area contributed by atoms with E-state index in [-0.39, 0.29) is 50.0 Å². The number of nitrogens with zero attached hydrogens (tertiary/aromatic N) is 2. The van der Waals surface area contributed by atoms with E-state index in [0.29, 0.717) is 5.56 Å². The monoisotopic (exact) mass is 544 g/mol. The predicted molar refractivity (Wildman–Crippen MR) is 114 cm³/mol. The Kier molecular flexibility index (Phi) is 9.13. The van der Waals surface area contributed by atoms with Crippen molar-refractivity contribution in [3.63, 3.8) is 0 Å². The van der Waals surface area contributed by atoms with Crippen LogP contribution >= 0.6 is 0 Å². The highest BCUT2D eigenvalue weighted by molar-refractivity contribution is 5.72. The zero-order valence-corrected chi connectivity index (χ0v) is 20.0. The lowest BCUT2D eigenvalue weighted by Crippen LogP contribution is -2.52. The van der Waals surface area contributed by atoms with E-state index in [1.807, 2.05) is 0 Å². The molecule has 3 rings (SSSR count). The maximum Gasteiger partial charge on any atom is 0.434 e. The first-order chi connectivity index (χ1) is 17.3. The molecule has 1 heterocycles. The summed E-state index contributed by atoms with van der Waals surface area (Å²) in [5.41, 5.74) is 0.683. The molecule has 0 atom stereocenters. The van der Waals surface area contributed by atoms with E-state index in [1.165, 1.54) is 13.0 Å². The number of hydrogen-bond donors (Lipinski definition) is 0. The highest BCUT2D eigenvalue weighted by Gasteiger charge is 2.60. The summed E-state index contributed by atoms with van der Waals surface area (Å²) in [6, 6.07) is 3.12. The van der Waals surface area contributed by atoms with Crippen LogP contribution in [0.1, 0.15) is 36.8 Å². The Balaban J connectivity index is 1.56. The summed E-state index contributed by atoms with van der Waals surface area (Å²) in [6.07, 6.45) is -14.2. The van der Waals surface area contributed by atoms with Gasteiger partial charge in [-0.15, -0.1) is 0 Å². The Morgan fingerprint density at radius 3 is 2.16 bits per heavy atom. The molecule has 208 valence electrons. The van der Waals surface area contributed by atoms with Gasteiger partial charge >= 0.3 is 24.4 Å². The van der Waals surface area contributed by atoms with Gasteiger partial charge in [0.15, 0.2) is 11.6 Å². The van der Waals surface area contributed by atoms with E-state index < -0.39 is 43.1 Å². The van der Waals surface area contributed by atoms with E-state index in [0.717, 1.165) is 30.6 Å². The third-order valence-corrected chi connectivity index (χ3v) is 6.30. The number of carbonyl (C=O) groups is 2. The van der Waals surface area contributed by atoms with Crippen LogP contribution in [-0.4, -0.2) is 73.3 Å². The molecule has 1 amide bonds. The van der Waals surface area contributed by atoms with Gasteiger partial charge in [0.1, 0.15) is 0 Å². The van der Waals surface area contributed by atoms with Gasteiger partial charge in [-0.1, -0.05) is 25.0 Å². The molecule has 0 unspecified atom stereocenters. The molecule has 0 spiro atoms. The fourth-order valence-electron chi connectivity index (χ4n) is 4.22. The Hall–Kier alpha value is -2.77. The van der Waals surface area contributed by atoms with Gasteiger partial charge in [0.2, 0.25) is 6.79 Å². The number of amides is 1. The number of aryl methyl sites for hydroxylation is 1. The molecule has 0 aromatic heterocycles. The summed E-state index contributed by atoms with van der Waals surface area (Å²) < 4.78 is 105. The quantitative estimate of drug-likeness (QED) is 0.275. The molecule has 1 aliphatic heterocycles. The predicted octanol–water partition coefficient (Wildman–Crippen LogP) is 4.95. The van der Waals surface area contributed by atoms with Gasteiger partial charge < -0.3 is 19.1 Å². The molecule has 1 aromatic rings. The fraction of sp³-hybridized carbons (Fsp3) is 0.652. The van der Waals surface area contributed by atoms with Crippen molar-refractivity contribution in [1.29, 1.82) is 0 Å². The second-order valence-corrected chi connectivity index (χ2v) is 9.00. The first-order valence-electron chi connectivity index (χ1n) is 11.7. The number of ether oxygens (including phenoxy) is 3. The highest BCUT2D eigenvalue weighted by Crippen LogP contribution is 2.36. The number of hydrogen-bond acceptors (Lipinski definition) is 6. The largest absolute Gasteiger partial charge is 0.454 e. The van der Waals surface area contributed by atoms with Crippen molar-refractivity contribution in [3.8, 4) is 5.75 Å². The standard InChI is InChI=1S/C23H27F7N2O5/c1-14-6-7-16(18(17(14)24)35-13-36-19(33)15-4-2-3-5-15)12-31-8-10-32(11-9-31)21(34)37-20(22(25,26)27)23(28,29)30/h6-7,15,20H,2-5,8-13H2,1H3. The number of halogens is 7. The second kappa shape index (κ2) is 11.7. The second-order valence-electron chi connectivity index (χ2n) is 9.00. The number of piperazine rings is 1. The molecular formula is C23H27F7N2O5. The molecule has 1 aliphatic carbocycles. The van der Waals surface area contributed by atoms with Crippen LogP contribution in [0.5, 0.6) is 5.75 Å². The highest BCUT2D eigenvalue weighted by atomic mass is 19.4. The van der Waals surface area contributed by atoms with Gasteiger partial charge in [-0.25, -0.2) is 9.18 Å². The van der Waals surface area contributed by atoms with Crippen LogP contribution in [0.4, 0.5) is 35.5 Å². The minimum absolute atomic E-state index is 0.0728. The molecular weight excluding hydrogens is 517 g/mol. The molecule has 2 fully saturated rings. The Bertz CT molecular complexity index is 942. The lowest BCUT2D eigenvalue weighted by molar-refractivity contribution is -0.308. The lowest BCUT2D eigenvalue weighted by atomic mass is 10.1. The smallest absolute Gasteiger partial charge is 0.434 e. The Labute approximate surface area is 208 Å². The number of alkyl halides is 6. The SMILES string of the molecule is Cc1ccc(CN2CCN(C(=O)OC(C(F)(F)F)C(F)(F)F)CC2)c(OCOC(=O)C2CCCC2)c1F. The van der Waals surface area contributed by atoms with Gasteiger partial charge in [0, 0.05) is 38.3 Å². The molecule has 7 nitrogen and oxygen atoms in total. The van der Waals surface area contributed by atoms with Crippen molar-refractivity contribution in [2.24, 2.45) is 5.92 Å². The molecule has 1 aromatic carbocycles. The fourth-order valence-corrected chi connectivity index (χ4v) is 4.22. The average molecular weight is 544 g/mol. The van der Waals surface area contributed by atoms with Crippen molar-refractivity contribution >= 4 is 12.1 Å². The molecule has 1 saturated heterocycles. The van der Waals surface area contributed by atoms with Crippen molar-refractivity contribution in [2.45, 2.75) is 57.6 Å². The lowest BCUT2D eigenvalue weighted by Gasteiger charge is -2.35. The molecule has 14 heteroatoms. The summed E-state index contributed by atoms with van der Waals surface area (Å²) >= 11 is 0. The summed E-state index contributed by atoms with van der Waals surface area (Å²) in [7, 11) is 0. The van der Waals surface area contributed by atoms with E-state index in [9.17, 15) is 40.3 Å². The average Bonchev–Trinajstić information content (AvgIpc) is 3.35. The van der Waals surface area contributed by atoms with Crippen LogP contribution < -0.4 is 4.74 Å². The van der Waals surface area contributed by atoms with E-state index in [4.69, 9.17) is 9.47 Å². The van der Waals surface area contributed by atoms with Crippen LogP contribution in [0.25, 0.3) is 0 Å². The third kappa shape index (κ3) is 7.62. The molecule has 0 N–H and O–H groups in total. The first-order valence-corrected chi connectivity index (χ1v) is 11.7. The summed E-state index contributed by atoms with van der Waals surface area (Å²) in [6.45, 7) is 0.889. The first kappa shape index (κ1) is 28.8. The molecule has 2 aliphatic rings. The van der Waals surface area contributed by atoms with E-state index in [2.05, 4.69) is 4.74 Å². The van der Waals surface area contributed by atoms with E-state index in [1.54, 1.807) is 11.0 Å². The summed E-state index contributed by atoms with van der Waals surface area (Å²) in [4.78, 5) is 26.5. The minimum atomic E-state index is -5.80. The maximum absolute atomic E-state index is 14.8. The Morgan fingerprint density at radius 2 is 1.59 bits per heavy atom. The number of esters is 1. The number of benzene rings is 1. The minimum Gasteiger partial charge on any atom is -0.454 e. The van der Waals surface area contributed by atoms with Crippen LogP contribution in [0.15, 0.2) is 12.1 Å². The van der Waals surface area contributed by atoms with Crippen LogP contribution in [0, 0.1) is 18.7 Å².